The summed E-state index contributed by atoms with van der Waals surface area (Å²) in [5.74, 6) is 1.44. The van der Waals surface area contributed by atoms with E-state index < -0.39 is 0 Å². The third kappa shape index (κ3) is 2.74. The van der Waals surface area contributed by atoms with E-state index in [2.05, 4.69) is 9.97 Å². The summed E-state index contributed by atoms with van der Waals surface area (Å²) in [5.41, 5.74) is 1.83. The summed E-state index contributed by atoms with van der Waals surface area (Å²) in [6.45, 7) is 4.39. The molecule has 0 amide bonds. The minimum absolute atomic E-state index is 0.598. The lowest BCUT2D eigenvalue weighted by atomic mass is 10.1. The summed E-state index contributed by atoms with van der Waals surface area (Å²) in [6, 6.07) is 7.52. The number of aryl methyl sites for hydroxylation is 1. The highest BCUT2D eigenvalue weighted by atomic mass is 35.5. The molecule has 3 nitrogen and oxygen atoms in total. The highest BCUT2D eigenvalue weighted by Crippen LogP contribution is 2.29. The second-order valence-electron chi connectivity index (χ2n) is 3.57. The predicted octanol–water partition coefficient (Wildman–Crippen LogP) is 3.50. The molecule has 0 saturated carbocycles. The molecule has 88 valence electrons. The first kappa shape index (κ1) is 11.9. The molecule has 0 aliphatic carbocycles. The van der Waals surface area contributed by atoms with Crippen LogP contribution in [0.25, 0.3) is 11.3 Å². The molecule has 0 unspecified atom stereocenters. The zero-order valence-corrected chi connectivity index (χ0v) is 10.5. The first-order valence-corrected chi connectivity index (χ1v) is 5.81. The largest absolute Gasteiger partial charge is 0.492 e. The first-order valence-electron chi connectivity index (χ1n) is 5.43. The lowest BCUT2D eigenvalue weighted by molar-refractivity contribution is 0.340. The Morgan fingerprint density at radius 3 is 2.76 bits per heavy atom. The van der Waals surface area contributed by atoms with Crippen LogP contribution in [-0.2, 0) is 0 Å². The van der Waals surface area contributed by atoms with Gasteiger partial charge in [0.25, 0.3) is 0 Å². The van der Waals surface area contributed by atoms with E-state index in [4.69, 9.17) is 16.3 Å². The Kier molecular flexibility index (Phi) is 3.59. The SMILES string of the molecule is CCOc1ccc(-c2ccnc(C)n2)cc1Cl. The van der Waals surface area contributed by atoms with Crippen molar-refractivity contribution in [3.8, 4) is 17.0 Å². The van der Waals surface area contributed by atoms with Gasteiger partial charge in [-0.1, -0.05) is 11.6 Å². The van der Waals surface area contributed by atoms with Gasteiger partial charge < -0.3 is 4.74 Å². The molecule has 2 aromatic rings. The van der Waals surface area contributed by atoms with Gasteiger partial charge in [0.15, 0.2) is 0 Å². The number of ether oxygens (including phenoxy) is 1. The minimum Gasteiger partial charge on any atom is -0.492 e. The Hall–Kier alpha value is -1.61. The molecule has 0 atom stereocenters. The number of halogens is 1. The van der Waals surface area contributed by atoms with Crippen molar-refractivity contribution < 1.29 is 4.74 Å². The Morgan fingerprint density at radius 2 is 2.12 bits per heavy atom. The van der Waals surface area contributed by atoms with Gasteiger partial charge in [0, 0.05) is 11.8 Å². The number of benzene rings is 1. The van der Waals surface area contributed by atoms with Gasteiger partial charge in [-0.05, 0) is 38.1 Å². The van der Waals surface area contributed by atoms with Crippen molar-refractivity contribution in [2.45, 2.75) is 13.8 Å². The molecule has 17 heavy (non-hydrogen) atoms. The van der Waals surface area contributed by atoms with Crippen molar-refractivity contribution in [1.82, 2.24) is 9.97 Å². The average Bonchev–Trinajstić information content (AvgIpc) is 2.32. The smallest absolute Gasteiger partial charge is 0.137 e. The average molecular weight is 249 g/mol. The van der Waals surface area contributed by atoms with Crippen LogP contribution in [0, 0.1) is 6.92 Å². The maximum Gasteiger partial charge on any atom is 0.137 e. The highest BCUT2D eigenvalue weighted by molar-refractivity contribution is 6.32. The number of hydrogen-bond donors (Lipinski definition) is 0. The van der Waals surface area contributed by atoms with E-state index in [1.807, 2.05) is 38.1 Å². The van der Waals surface area contributed by atoms with E-state index in [0.29, 0.717) is 17.4 Å². The molecule has 4 heteroatoms. The van der Waals surface area contributed by atoms with Crippen LogP contribution in [0.5, 0.6) is 5.75 Å². The zero-order valence-electron chi connectivity index (χ0n) is 9.77. The van der Waals surface area contributed by atoms with Gasteiger partial charge in [-0.2, -0.15) is 0 Å². The van der Waals surface area contributed by atoms with Gasteiger partial charge in [-0.15, -0.1) is 0 Å². The molecule has 0 aliphatic heterocycles. The summed E-state index contributed by atoms with van der Waals surface area (Å²) in [6.07, 6.45) is 1.74. The minimum atomic E-state index is 0.598. The van der Waals surface area contributed by atoms with Crippen LogP contribution >= 0.6 is 11.6 Å². The van der Waals surface area contributed by atoms with Gasteiger partial charge >= 0.3 is 0 Å². The molecular weight excluding hydrogens is 236 g/mol. The summed E-state index contributed by atoms with van der Waals surface area (Å²) in [5, 5.41) is 0.598. The molecule has 0 radical (unpaired) electrons. The quantitative estimate of drug-likeness (QED) is 0.834. The molecule has 0 fully saturated rings. The molecule has 2 rings (SSSR count). The molecule has 0 N–H and O–H groups in total. The van der Waals surface area contributed by atoms with Crippen LogP contribution in [-0.4, -0.2) is 16.6 Å². The fourth-order valence-corrected chi connectivity index (χ4v) is 1.78. The van der Waals surface area contributed by atoms with Crippen LogP contribution in [0.3, 0.4) is 0 Å². The molecule has 1 heterocycles. The van der Waals surface area contributed by atoms with Crippen molar-refractivity contribution in [1.29, 1.82) is 0 Å². The molecule has 0 spiro atoms. The monoisotopic (exact) mass is 248 g/mol. The second kappa shape index (κ2) is 5.15. The fraction of sp³-hybridized carbons (Fsp3) is 0.231. The van der Waals surface area contributed by atoms with Gasteiger partial charge in [0.05, 0.1) is 17.3 Å². The van der Waals surface area contributed by atoms with Crippen LogP contribution in [0.1, 0.15) is 12.7 Å². The Morgan fingerprint density at radius 1 is 1.29 bits per heavy atom. The van der Waals surface area contributed by atoms with Crippen LogP contribution in [0.15, 0.2) is 30.5 Å². The molecule has 0 bridgehead atoms. The summed E-state index contributed by atoms with van der Waals surface area (Å²) < 4.78 is 5.39. The van der Waals surface area contributed by atoms with Gasteiger partial charge in [-0.25, -0.2) is 9.97 Å². The summed E-state index contributed by atoms with van der Waals surface area (Å²) >= 11 is 6.13. The fourth-order valence-electron chi connectivity index (χ4n) is 1.55. The van der Waals surface area contributed by atoms with Gasteiger partial charge in [-0.3, -0.25) is 0 Å². The van der Waals surface area contributed by atoms with E-state index in [-0.39, 0.29) is 0 Å². The summed E-state index contributed by atoms with van der Waals surface area (Å²) in [7, 11) is 0. The van der Waals surface area contributed by atoms with E-state index in [9.17, 15) is 0 Å². The molecule has 1 aromatic heterocycles. The number of aromatic nitrogens is 2. The molecule has 0 saturated heterocycles. The second-order valence-corrected chi connectivity index (χ2v) is 3.97. The van der Waals surface area contributed by atoms with E-state index >= 15 is 0 Å². The molecular formula is C13H13ClN2O. The maximum absolute atomic E-state index is 6.13. The number of rotatable bonds is 3. The normalized spacial score (nSPS) is 10.3. The van der Waals surface area contributed by atoms with E-state index in [1.165, 1.54) is 0 Å². The van der Waals surface area contributed by atoms with E-state index in [0.717, 1.165) is 17.1 Å². The maximum atomic E-state index is 6.13. The summed E-state index contributed by atoms with van der Waals surface area (Å²) in [4.78, 5) is 8.42. The Bertz CT molecular complexity index is 529. The Balaban J connectivity index is 2.37. The van der Waals surface area contributed by atoms with Crippen molar-refractivity contribution in [3.63, 3.8) is 0 Å². The lowest BCUT2D eigenvalue weighted by Gasteiger charge is -2.07. The van der Waals surface area contributed by atoms with Crippen LogP contribution < -0.4 is 4.74 Å². The van der Waals surface area contributed by atoms with Crippen LogP contribution in [0.4, 0.5) is 0 Å². The zero-order chi connectivity index (χ0) is 12.3. The molecule has 0 aliphatic rings. The predicted molar refractivity (Wildman–Crippen MR) is 68.4 cm³/mol. The van der Waals surface area contributed by atoms with Crippen molar-refractivity contribution in [3.05, 3.63) is 41.3 Å². The first-order chi connectivity index (χ1) is 8.20. The van der Waals surface area contributed by atoms with Crippen molar-refractivity contribution in [2.75, 3.05) is 6.61 Å². The lowest BCUT2D eigenvalue weighted by Crippen LogP contribution is -1.93. The standard InChI is InChI=1S/C13H13ClN2O/c1-3-17-13-5-4-10(8-11(13)14)12-6-7-15-9(2)16-12/h4-8H,3H2,1-2H3. The topological polar surface area (TPSA) is 35.0 Å². The van der Waals surface area contributed by atoms with Crippen molar-refractivity contribution >= 4 is 11.6 Å². The van der Waals surface area contributed by atoms with Crippen LogP contribution in [0.2, 0.25) is 5.02 Å². The van der Waals surface area contributed by atoms with Crippen molar-refractivity contribution in [2.24, 2.45) is 0 Å². The van der Waals surface area contributed by atoms with Gasteiger partial charge in [0.1, 0.15) is 11.6 Å². The molecule has 1 aromatic carbocycles. The highest BCUT2D eigenvalue weighted by Gasteiger charge is 2.05. The number of nitrogens with zero attached hydrogens (tertiary/aromatic N) is 2. The van der Waals surface area contributed by atoms with E-state index in [1.54, 1.807) is 6.20 Å². The van der Waals surface area contributed by atoms with Gasteiger partial charge in [0.2, 0.25) is 0 Å². The Labute approximate surface area is 105 Å². The number of hydrogen-bond acceptors (Lipinski definition) is 3. The third-order valence-corrected chi connectivity index (χ3v) is 2.60. The third-order valence-electron chi connectivity index (χ3n) is 2.30.